The lowest BCUT2D eigenvalue weighted by atomic mass is 10.1. The first-order chi connectivity index (χ1) is 12.4. The van der Waals surface area contributed by atoms with Gasteiger partial charge in [0.2, 0.25) is 0 Å². The zero-order chi connectivity index (χ0) is 16.6. The standard InChI is InChI=1S/C20H13N3S2/c1-3-10-16-13(7-1)22-19(24-16)18(15-9-5-6-12-21-15)20-23-14-8-2-4-11-17(14)25-20/h1-12,18H. The Morgan fingerprint density at radius 2 is 1.20 bits per heavy atom. The van der Waals surface area contributed by atoms with Crippen LogP contribution in [0.4, 0.5) is 0 Å². The van der Waals surface area contributed by atoms with Crippen molar-refractivity contribution in [2.45, 2.75) is 5.92 Å². The van der Waals surface area contributed by atoms with Crippen LogP contribution in [0.25, 0.3) is 20.4 Å². The lowest BCUT2D eigenvalue weighted by Crippen LogP contribution is -2.04. The maximum Gasteiger partial charge on any atom is 0.110 e. The lowest BCUT2D eigenvalue weighted by molar-refractivity contribution is 0.899. The molecule has 0 radical (unpaired) electrons. The van der Waals surface area contributed by atoms with E-state index in [0.717, 1.165) is 26.7 Å². The Hall–Kier alpha value is -2.63. The van der Waals surface area contributed by atoms with Gasteiger partial charge in [0, 0.05) is 6.20 Å². The van der Waals surface area contributed by atoms with Crippen LogP contribution in [-0.4, -0.2) is 15.0 Å². The molecule has 0 N–H and O–H groups in total. The van der Waals surface area contributed by atoms with Gasteiger partial charge in [-0.2, -0.15) is 0 Å². The average molecular weight is 359 g/mol. The monoisotopic (exact) mass is 359 g/mol. The Morgan fingerprint density at radius 3 is 1.72 bits per heavy atom. The summed E-state index contributed by atoms with van der Waals surface area (Å²) in [4.78, 5) is 14.4. The van der Waals surface area contributed by atoms with Crippen LogP contribution in [0.2, 0.25) is 0 Å². The van der Waals surface area contributed by atoms with Crippen LogP contribution in [0.1, 0.15) is 21.6 Å². The first kappa shape index (κ1) is 14.7. The number of fused-ring (bicyclic) bond motifs is 2. The Bertz CT molecular complexity index is 1020. The molecule has 3 aromatic heterocycles. The second-order valence-corrected chi connectivity index (χ2v) is 7.85. The van der Waals surface area contributed by atoms with E-state index in [4.69, 9.17) is 9.97 Å². The Labute approximate surface area is 152 Å². The van der Waals surface area contributed by atoms with Gasteiger partial charge in [-0.05, 0) is 36.4 Å². The summed E-state index contributed by atoms with van der Waals surface area (Å²) in [6.45, 7) is 0. The largest absolute Gasteiger partial charge is 0.260 e. The van der Waals surface area contributed by atoms with E-state index in [1.54, 1.807) is 22.7 Å². The zero-order valence-corrected chi connectivity index (χ0v) is 14.8. The third-order valence-electron chi connectivity index (χ3n) is 4.10. The van der Waals surface area contributed by atoms with Gasteiger partial charge in [-0.25, -0.2) is 9.97 Å². The summed E-state index contributed by atoms with van der Waals surface area (Å²) < 4.78 is 2.39. The molecule has 0 aliphatic heterocycles. The highest BCUT2D eigenvalue weighted by atomic mass is 32.1. The number of para-hydroxylation sites is 2. The van der Waals surface area contributed by atoms with E-state index in [9.17, 15) is 0 Å². The fourth-order valence-corrected chi connectivity index (χ4v) is 5.18. The molecule has 0 unspecified atom stereocenters. The summed E-state index contributed by atoms with van der Waals surface area (Å²) in [6.07, 6.45) is 1.84. The minimum atomic E-state index is -0.0315. The Morgan fingerprint density at radius 1 is 0.640 bits per heavy atom. The molecule has 0 bridgehead atoms. The summed E-state index contributed by atoms with van der Waals surface area (Å²) >= 11 is 3.44. The molecule has 5 aromatic rings. The SMILES string of the molecule is c1ccc(C(c2nc3ccccc3s2)c2nc3ccccc3s2)nc1. The lowest BCUT2D eigenvalue weighted by Gasteiger charge is -2.10. The zero-order valence-electron chi connectivity index (χ0n) is 13.2. The number of benzene rings is 2. The number of aromatic nitrogens is 3. The summed E-state index contributed by atoms with van der Waals surface area (Å²) in [5.41, 5.74) is 3.05. The summed E-state index contributed by atoms with van der Waals surface area (Å²) in [5, 5.41) is 2.08. The molecule has 0 aliphatic rings. The van der Waals surface area contributed by atoms with Gasteiger partial charge in [-0.1, -0.05) is 30.3 Å². The number of hydrogen-bond acceptors (Lipinski definition) is 5. The predicted molar refractivity (Wildman–Crippen MR) is 104 cm³/mol. The van der Waals surface area contributed by atoms with Crippen LogP contribution < -0.4 is 0 Å². The molecule has 2 aromatic carbocycles. The topological polar surface area (TPSA) is 38.7 Å². The molecule has 0 fully saturated rings. The maximum atomic E-state index is 4.88. The Kier molecular flexibility index (Phi) is 3.54. The fourth-order valence-electron chi connectivity index (χ4n) is 2.93. The van der Waals surface area contributed by atoms with E-state index in [1.165, 1.54) is 9.40 Å². The van der Waals surface area contributed by atoms with Crippen LogP contribution in [-0.2, 0) is 0 Å². The van der Waals surface area contributed by atoms with E-state index in [2.05, 4.69) is 47.4 Å². The molecule has 120 valence electrons. The van der Waals surface area contributed by atoms with Gasteiger partial charge in [0.15, 0.2) is 0 Å². The number of pyridine rings is 1. The molecule has 0 amide bonds. The van der Waals surface area contributed by atoms with Crippen molar-refractivity contribution in [2.75, 3.05) is 0 Å². The van der Waals surface area contributed by atoms with Crippen molar-refractivity contribution < 1.29 is 0 Å². The molecule has 0 atom stereocenters. The van der Waals surface area contributed by atoms with Crippen molar-refractivity contribution in [1.82, 2.24) is 15.0 Å². The van der Waals surface area contributed by atoms with Crippen LogP contribution in [0, 0.1) is 0 Å². The number of nitrogens with zero attached hydrogens (tertiary/aromatic N) is 3. The Balaban J connectivity index is 1.73. The van der Waals surface area contributed by atoms with E-state index in [1.807, 2.05) is 30.5 Å². The van der Waals surface area contributed by atoms with Crippen LogP contribution >= 0.6 is 22.7 Å². The van der Waals surface area contributed by atoms with E-state index in [0.29, 0.717) is 0 Å². The number of hydrogen-bond donors (Lipinski definition) is 0. The first-order valence-electron chi connectivity index (χ1n) is 8.00. The van der Waals surface area contributed by atoms with E-state index < -0.39 is 0 Å². The molecule has 3 nitrogen and oxygen atoms in total. The number of rotatable bonds is 3. The van der Waals surface area contributed by atoms with Crippen molar-refractivity contribution >= 4 is 43.1 Å². The van der Waals surface area contributed by atoms with Crippen molar-refractivity contribution in [3.63, 3.8) is 0 Å². The van der Waals surface area contributed by atoms with Gasteiger partial charge >= 0.3 is 0 Å². The third-order valence-corrected chi connectivity index (χ3v) is 6.30. The molecule has 3 heterocycles. The highest BCUT2D eigenvalue weighted by Crippen LogP contribution is 2.38. The van der Waals surface area contributed by atoms with Gasteiger partial charge in [0.05, 0.1) is 26.1 Å². The first-order valence-corrected chi connectivity index (χ1v) is 9.64. The average Bonchev–Trinajstić information content (AvgIpc) is 3.26. The van der Waals surface area contributed by atoms with Crippen LogP contribution in [0.15, 0.2) is 72.9 Å². The summed E-state index contributed by atoms with van der Waals surface area (Å²) in [6, 6.07) is 22.5. The normalized spacial score (nSPS) is 11.6. The fraction of sp³-hybridized carbons (Fsp3) is 0.0500. The van der Waals surface area contributed by atoms with E-state index >= 15 is 0 Å². The van der Waals surface area contributed by atoms with Crippen molar-refractivity contribution in [3.8, 4) is 0 Å². The molecule has 0 aliphatic carbocycles. The number of thiazole rings is 2. The quantitative estimate of drug-likeness (QED) is 0.428. The van der Waals surface area contributed by atoms with Gasteiger partial charge in [0.25, 0.3) is 0 Å². The minimum Gasteiger partial charge on any atom is -0.260 e. The van der Waals surface area contributed by atoms with E-state index in [-0.39, 0.29) is 5.92 Å². The van der Waals surface area contributed by atoms with Crippen LogP contribution in [0.3, 0.4) is 0 Å². The highest BCUT2D eigenvalue weighted by molar-refractivity contribution is 7.20. The van der Waals surface area contributed by atoms with Crippen LogP contribution in [0.5, 0.6) is 0 Å². The van der Waals surface area contributed by atoms with Crippen molar-refractivity contribution in [1.29, 1.82) is 0 Å². The molecule has 0 saturated carbocycles. The molecule has 0 saturated heterocycles. The predicted octanol–water partition coefficient (Wildman–Crippen LogP) is 5.48. The molecule has 5 rings (SSSR count). The molecule has 5 heteroatoms. The molecular formula is C20H13N3S2. The third kappa shape index (κ3) is 2.62. The smallest absolute Gasteiger partial charge is 0.110 e. The maximum absolute atomic E-state index is 4.88. The van der Waals surface area contributed by atoms with Crippen molar-refractivity contribution in [2.24, 2.45) is 0 Å². The molecule has 0 spiro atoms. The van der Waals surface area contributed by atoms with Gasteiger partial charge in [0.1, 0.15) is 15.9 Å². The minimum absolute atomic E-state index is 0.0315. The van der Waals surface area contributed by atoms with Gasteiger partial charge in [-0.3, -0.25) is 4.98 Å². The van der Waals surface area contributed by atoms with Crippen molar-refractivity contribution in [3.05, 3.63) is 88.6 Å². The summed E-state index contributed by atoms with van der Waals surface area (Å²) in [5.74, 6) is -0.0315. The summed E-state index contributed by atoms with van der Waals surface area (Å²) in [7, 11) is 0. The second-order valence-electron chi connectivity index (χ2n) is 5.73. The van der Waals surface area contributed by atoms with Gasteiger partial charge < -0.3 is 0 Å². The second kappa shape index (κ2) is 6.02. The highest BCUT2D eigenvalue weighted by Gasteiger charge is 2.25. The van der Waals surface area contributed by atoms with Gasteiger partial charge in [-0.15, -0.1) is 22.7 Å². The molecule has 25 heavy (non-hydrogen) atoms. The molecular weight excluding hydrogens is 346 g/mol.